The molecule has 1 fully saturated rings. The summed E-state index contributed by atoms with van der Waals surface area (Å²) in [4.78, 5) is 27.0. The molecule has 0 bridgehead atoms. The van der Waals surface area contributed by atoms with Crippen molar-refractivity contribution in [1.29, 1.82) is 0 Å². The Kier molecular flexibility index (Phi) is 4.85. The number of aromatic nitrogens is 3. The lowest BCUT2D eigenvalue weighted by Gasteiger charge is -2.29. The van der Waals surface area contributed by atoms with Gasteiger partial charge in [-0.1, -0.05) is 12.1 Å². The third kappa shape index (κ3) is 3.56. The van der Waals surface area contributed by atoms with Gasteiger partial charge in [0.2, 0.25) is 0 Å². The van der Waals surface area contributed by atoms with Crippen molar-refractivity contribution in [3.05, 3.63) is 52.4 Å². The highest BCUT2D eigenvalue weighted by atomic mass is 79.9. The molecule has 0 saturated carbocycles. The summed E-state index contributed by atoms with van der Waals surface area (Å²) in [6.07, 6.45) is 1.71. The molecule has 134 valence electrons. The van der Waals surface area contributed by atoms with Crippen molar-refractivity contribution in [3.63, 3.8) is 0 Å². The molecule has 4 rings (SSSR count). The van der Waals surface area contributed by atoms with Gasteiger partial charge in [-0.25, -0.2) is 9.97 Å². The Hall–Kier alpha value is -2.45. The van der Waals surface area contributed by atoms with E-state index in [0.29, 0.717) is 31.1 Å². The average molecular weight is 416 g/mol. The number of pyridine rings is 1. The standard InChI is InChI=1S/C18H18BrN5O2/c19-12-9-13(17(20-10-12)24-5-7-26-8-6-24)18(25)21-11-16-22-14-3-1-2-4-15(14)23-16/h1-4,9-10H,5-8,11H2,(H,21,25)(H,22,23). The number of nitrogens with one attached hydrogen (secondary N) is 2. The van der Waals surface area contributed by atoms with Crippen LogP contribution < -0.4 is 10.2 Å². The van der Waals surface area contributed by atoms with Crippen LogP contribution in [0.15, 0.2) is 41.0 Å². The summed E-state index contributed by atoms with van der Waals surface area (Å²) in [5.41, 5.74) is 2.38. The molecule has 1 aliphatic rings. The lowest BCUT2D eigenvalue weighted by atomic mass is 10.2. The van der Waals surface area contributed by atoms with Gasteiger partial charge in [-0.3, -0.25) is 4.79 Å². The Labute approximate surface area is 158 Å². The summed E-state index contributed by atoms with van der Waals surface area (Å²) in [6, 6.07) is 9.58. The zero-order valence-electron chi connectivity index (χ0n) is 14.0. The monoisotopic (exact) mass is 415 g/mol. The number of morpholine rings is 1. The van der Waals surface area contributed by atoms with E-state index in [4.69, 9.17) is 4.74 Å². The van der Waals surface area contributed by atoms with Crippen LogP contribution in [0, 0.1) is 0 Å². The first-order valence-electron chi connectivity index (χ1n) is 8.41. The van der Waals surface area contributed by atoms with Crippen LogP contribution in [0.25, 0.3) is 11.0 Å². The molecular weight excluding hydrogens is 398 g/mol. The number of H-pyrrole nitrogens is 1. The molecule has 3 heterocycles. The van der Waals surface area contributed by atoms with Gasteiger partial charge < -0.3 is 19.9 Å². The van der Waals surface area contributed by atoms with Gasteiger partial charge in [-0.2, -0.15) is 0 Å². The zero-order chi connectivity index (χ0) is 17.9. The molecule has 0 atom stereocenters. The number of amides is 1. The predicted octanol–water partition coefficient (Wildman–Crippen LogP) is 2.49. The van der Waals surface area contributed by atoms with Gasteiger partial charge >= 0.3 is 0 Å². The number of hydrogen-bond donors (Lipinski definition) is 2. The summed E-state index contributed by atoms with van der Waals surface area (Å²) >= 11 is 3.40. The molecule has 3 aromatic rings. The van der Waals surface area contributed by atoms with Crippen molar-refractivity contribution >= 4 is 38.7 Å². The normalized spacial score (nSPS) is 14.6. The number of carbonyl (C=O) groups is 1. The first kappa shape index (κ1) is 17.0. The molecular formula is C18H18BrN5O2. The van der Waals surface area contributed by atoms with E-state index in [2.05, 4.69) is 41.1 Å². The van der Waals surface area contributed by atoms with E-state index in [-0.39, 0.29) is 5.91 Å². The van der Waals surface area contributed by atoms with Gasteiger partial charge in [-0.15, -0.1) is 0 Å². The van der Waals surface area contributed by atoms with E-state index >= 15 is 0 Å². The minimum absolute atomic E-state index is 0.180. The number of ether oxygens (including phenoxy) is 1. The van der Waals surface area contributed by atoms with E-state index in [1.807, 2.05) is 24.3 Å². The number of imidazole rings is 1. The Morgan fingerprint density at radius 3 is 2.92 bits per heavy atom. The molecule has 0 radical (unpaired) electrons. The number of aromatic amines is 1. The van der Waals surface area contributed by atoms with Crippen molar-refractivity contribution in [1.82, 2.24) is 20.3 Å². The fourth-order valence-corrected chi connectivity index (χ4v) is 3.31. The highest BCUT2D eigenvalue weighted by Gasteiger charge is 2.20. The smallest absolute Gasteiger partial charge is 0.255 e. The summed E-state index contributed by atoms with van der Waals surface area (Å²) < 4.78 is 6.15. The third-order valence-electron chi connectivity index (χ3n) is 4.24. The van der Waals surface area contributed by atoms with E-state index in [1.54, 1.807) is 12.3 Å². The number of para-hydroxylation sites is 2. The van der Waals surface area contributed by atoms with Gasteiger partial charge in [0.05, 0.1) is 36.4 Å². The number of nitrogens with zero attached hydrogens (tertiary/aromatic N) is 3. The number of anilines is 1. The van der Waals surface area contributed by atoms with Crippen LogP contribution in [0.3, 0.4) is 0 Å². The van der Waals surface area contributed by atoms with Crippen molar-refractivity contribution < 1.29 is 9.53 Å². The van der Waals surface area contributed by atoms with Gasteiger partial charge in [0.25, 0.3) is 5.91 Å². The summed E-state index contributed by atoms with van der Waals surface area (Å²) in [6.45, 7) is 3.04. The van der Waals surface area contributed by atoms with E-state index in [0.717, 1.165) is 34.4 Å². The number of carbonyl (C=O) groups excluding carboxylic acids is 1. The minimum atomic E-state index is -0.180. The lowest BCUT2D eigenvalue weighted by Crippen LogP contribution is -2.38. The second kappa shape index (κ2) is 7.43. The fraction of sp³-hybridized carbons (Fsp3) is 0.278. The predicted molar refractivity (Wildman–Crippen MR) is 102 cm³/mol. The fourth-order valence-electron chi connectivity index (χ4n) is 2.97. The summed E-state index contributed by atoms with van der Waals surface area (Å²) in [7, 11) is 0. The van der Waals surface area contributed by atoms with Crippen LogP contribution >= 0.6 is 15.9 Å². The molecule has 26 heavy (non-hydrogen) atoms. The zero-order valence-corrected chi connectivity index (χ0v) is 15.6. The summed E-state index contributed by atoms with van der Waals surface area (Å²) in [5, 5.41) is 2.93. The molecule has 1 aliphatic heterocycles. The molecule has 2 aromatic heterocycles. The van der Waals surface area contributed by atoms with Crippen LogP contribution in [0.4, 0.5) is 5.82 Å². The highest BCUT2D eigenvalue weighted by molar-refractivity contribution is 9.10. The maximum absolute atomic E-state index is 12.8. The van der Waals surface area contributed by atoms with Gasteiger partial charge in [0, 0.05) is 23.8 Å². The Bertz CT molecular complexity index is 903. The molecule has 0 unspecified atom stereocenters. The maximum atomic E-state index is 12.8. The molecule has 1 amide bonds. The highest BCUT2D eigenvalue weighted by Crippen LogP contribution is 2.22. The first-order chi connectivity index (χ1) is 12.7. The first-order valence-corrected chi connectivity index (χ1v) is 9.20. The Balaban J connectivity index is 1.52. The molecule has 0 spiro atoms. The van der Waals surface area contributed by atoms with E-state index in [9.17, 15) is 4.79 Å². The van der Waals surface area contributed by atoms with E-state index in [1.165, 1.54) is 0 Å². The number of hydrogen-bond acceptors (Lipinski definition) is 5. The minimum Gasteiger partial charge on any atom is -0.378 e. The molecule has 1 aromatic carbocycles. The van der Waals surface area contributed by atoms with Crippen molar-refractivity contribution in [3.8, 4) is 0 Å². The molecule has 0 aliphatic carbocycles. The van der Waals surface area contributed by atoms with Gasteiger partial charge in [-0.05, 0) is 34.1 Å². The van der Waals surface area contributed by atoms with Gasteiger partial charge in [0.1, 0.15) is 11.6 Å². The van der Waals surface area contributed by atoms with Crippen LogP contribution in [0.5, 0.6) is 0 Å². The second-order valence-corrected chi connectivity index (χ2v) is 6.92. The topological polar surface area (TPSA) is 83.1 Å². The van der Waals surface area contributed by atoms with Crippen LogP contribution in [-0.4, -0.2) is 47.2 Å². The largest absolute Gasteiger partial charge is 0.378 e. The number of fused-ring (bicyclic) bond motifs is 1. The molecule has 2 N–H and O–H groups in total. The van der Waals surface area contributed by atoms with Gasteiger partial charge in [0.15, 0.2) is 0 Å². The second-order valence-electron chi connectivity index (χ2n) is 6.01. The Morgan fingerprint density at radius 1 is 1.31 bits per heavy atom. The van der Waals surface area contributed by atoms with Crippen LogP contribution in [0.1, 0.15) is 16.2 Å². The van der Waals surface area contributed by atoms with Crippen LogP contribution in [0.2, 0.25) is 0 Å². The van der Waals surface area contributed by atoms with Crippen LogP contribution in [-0.2, 0) is 11.3 Å². The molecule has 8 heteroatoms. The molecule has 7 nitrogen and oxygen atoms in total. The van der Waals surface area contributed by atoms with Crippen molar-refractivity contribution in [2.24, 2.45) is 0 Å². The number of halogens is 1. The summed E-state index contributed by atoms with van der Waals surface area (Å²) in [5.74, 6) is 1.22. The molecule has 1 saturated heterocycles. The van der Waals surface area contributed by atoms with E-state index < -0.39 is 0 Å². The van der Waals surface area contributed by atoms with Crippen molar-refractivity contribution in [2.45, 2.75) is 6.54 Å². The average Bonchev–Trinajstić information content (AvgIpc) is 3.10. The number of rotatable bonds is 4. The quantitative estimate of drug-likeness (QED) is 0.683. The maximum Gasteiger partial charge on any atom is 0.255 e. The lowest BCUT2D eigenvalue weighted by molar-refractivity contribution is 0.0948. The number of benzene rings is 1. The third-order valence-corrected chi connectivity index (χ3v) is 4.68. The van der Waals surface area contributed by atoms with Crippen molar-refractivity contribution in [2.75, 3.05) is 31.2 Å². The Morgan fingerprint density at radius 2 is 2.12 bits per heavy atom. The SMILES string of the molecule is O=C(NCc1nc2ccccc2[nH]1)c1cc(Br)cnc1N1CCOCC1.